The average Bonchev–Trinajstić information content (AvgIpc) is 2.49. The van der Waals surface area contributed by atoms with Crippen molar-refractivity contribution >= 4 is 16.8 Å². The zero-order chi connectivity index (χ0) is 10.1. The van der Waals surface area contributed by atoms with E-state index in [-0.39, 0.29) is 11.9 Å². The van der Waals surface area contributed by atoms with E-state index in [9.17, 15) is 4.39 Å². The summed E-state index contributed by atoms with van der Waals surface area (Å²) in [7, 11) is 0. The second kappa shape index (κ2) is 3.29. The minimum Gasteiger partial charge on any atom is -0.364 e. The van der Waals surface area contributed by atoms with Crippen LogP contribution in [0.25, 0.3) is 11.0 Å². The smallest absolute Gasteiger partial charge is 0.180 e. The third kappa shape index (κ3) is 1.43. The van der Waals surface area contributed by atoms with Crippen LogP contribution in [-0.4, -0.2) is 11.2 Å². The zero-order valence-corrected chi connectivity index (χ0v) is 8.04. The maximum Gasteiger partial charge on any atom is 0.180 e. The summed E-state index contributed by atoms with van der Waals surface area (Å²) in [6.45, 7) is 3.92. The normalized spacial score (nSPS) is 11.1. The highest BCUT2D eigenvalue weighted by molar-refractivity contribution is 5.88. The molecule has 1 aromatic carbocycles. The fourth-order valence-electron chi connectivity index (χ4n) is 1.32. The van der Waals surface area contributed by atoms with Crippen molar-refractivity contribution in [1.29, 1.82) is 0 Å². The summed E-state index contributed by atoms with van der Waals surface area (Å²) in [6, 6.07) is 4.88. The summed E-state index contributed by atoms with van der Waals surface area (Å²) in [5.41, 5.74) is 0.466. The predicted molar refractivity (Wildman–Crippen MR) is 52.7 cm³/mol. The Labute approximate surface area is 80.9 Å². The first-order valence-corrected chi connectivity index (χ1v) is 4.49. The van der Waals surface area contributed by atoms with Gasteiger partial charge in [0.2, 0.25) is 0 Å². The van der Waals surface area contributed by atoms with Gasteiger partial charge in [0.15, 0.2) is 11.4 Å². The molecule has 2 aromatic rings. The zero-order valence-electron chi connectivity index (χ0n) is 8.04. The van der Waals surface area contributed by atoms with E-state index in [0.29, 0.717) is 16.8 Å². The number of nitrogens with one attached hydrogen (secondary N) is 1. The van der Waals surface area contributed by atoms with Crippen LogP contribution in [0.1, 0.15) is 13.8 Å². The van der Waals surface area contributed by atoms with Gasteiger partial charge < -0.3 is 9.84 Å². The Kier molecular flexibility index (Phi) is 2.11. The van der Waals surface area contributed by atoms with Crippen LogP contribution in [0.5, 0.6) is 0 Å². The molecule has 0 amide bonds. The van der Waals surface area contributed by atoms with Crippen LogP contribution in [0.15, 0.2) is 22.7 Å². The molecule has 0 saturated heterocycles. The number of nitrogens with zero attached hydrogens (tertiary/aromatic N) is 1. The summed E-state index contributed by atoms with van der Waals surface area (Å²) >= 11 is 0. The van der Waals surface area contributed by atoms with Gasteiger partial charge in [0, 0.05) is 6.04 Å². The van der Waals surface area contributed by atoms with Crippen molar-refractivity contribution in [1.82, 2.24) is 5.16 Å². The lowest BCUT2D eigenvalue weighted by Gasteiger charge is -2.05. The summed E-state index contributed by atoms with van der Waals surface area (Å²) in [6.07, 6.45) is 0. The molecule has 0 radical (unpaired) electrons. The first-order valence-electron chi connectivity index (χ1n) is 4.49. The van der Waals surface area contributed by atoms with Crippen molar-refractivity contribution in [3.63, 3.8) is 0 Å². The summed E-state index contributed by atoms with van der Waals surface area (Å²) in [5.74, 6) is 0.153. The standard InChI is InChI=1S/C10H11FN2O/c1-6(2)12-10-9-7(11)4-3-5-8(9)14-13-10/h3-6H,1-2H3,(H,12,13). The van der Waals surface area contributed by atoms with Crippen LogP contribution >= 0.6 is 0 Å². The molecule has 0 atom stereocenters. The third-order valence-corrected chi connectivity index (χ3v) is 1.87. The molecule has 4 heteroatoms. The van der Waals surface area contributed by atoms with Crippen molar-refractivity contribution in [3.8, 4) is 0 Å². The lowest BCUT2D eigenvalue weighted by molar-refractivity contribution is 0.458. The van der Waals surface area contributed by atoms with Gasteiger partial charge in [0.25, 0.3) is 0 Å². The van der Waals surface area contributed by atoms with Crippen molar-refractivity contribution in [2.45, 2.75) is 19.9 Å². The van der Waals surface area contributed by atoms with Crippen molar-refractivity contribution in [2.75, 3.05) is 5.32 Å². The van der Waals surface area contributed by atoms with Gasteiger partial charge in [0.1, 0.15) is 11.2 Å². The van der Waals surface area contributed by atoms with E-state index in [2.05, 4.69) is 10.5 Å². The molecule has 0 fully saturated rings. The molecular weight excluding hydrogens is 183 g/mol. The number of benzene rings is 1. The molecule has 1 heterocycles. The molecule has 3 nitrogen and oxygen atoms in total. The second-order valence-electron chi connectivity index (χ2n) is 3.44. The van der Waals surface area contributed by atoms with Gasteiger partial charge in [0.05, 0.1) is 0 Å². The van der Waals surface area contributed by atoms with Crippen LogP contribution < -0.4 is 5.32 Å². The molecule has 0 saturated carbocycles. The molecule has 0 aliphatic rings. The Morgan fingerprint density at radius 1 is 1.43 bits per heavy atom. The van der Waals surface area contributed by atoms with Gasteiger partial charge in [-0.15, -0.1) is 0 Å². The number of aromatic nitrogens is 1. The quantitative estimate of drug-likeness (QED) is 0.798. The van der Waals surface area contributed by atoms with Crippen LogP contribution in [-0.2, 0) is 0 Å². The van der Waals surface area contributed by atoms with Crippen LogP contribution in [0.4, 0.5) is 10.2 Å². The fraction of sp³-hybridized carbons (Fsp3) is 0.300. The van der Waals surface area contributed by atoms with Crippen LogP contribution in [0.3, 0.4) is 0 Å². The maximum absolute atomic E-state index is 13.4. The highest BCUT2D eigenvalue weighted by atomic mass is 19.1. The molecule has 0 bridgehead atoms. The summed E-state index contributed by atoms with van der Waals surface area (Å²) in [5, 5.41) is 7.21. The van der Waals surface area contributed by atoms with Crippen molar-refractivity contribution < 1.29 is 8.91 Å². The minimum atomic E-state index is -0.313. The van der Waals surface area contributed by atoms with E-state index in [4.69, 9.17) is 4.52 Å². The van der Waals surface area contributed by atoms with Crippen molar-refractivity contribution in [3.05, 3.63) is 24.0 Å². The molecule has 2 rings (SSSR count). The molecule has 14 heavy (non-hydrogen) atoms. The van der Waals surface area contributed by atoms with E-state index < -0.39 is 0 Å². The molecule has 1 N–H and O–H groups in total. The van der Waals surface area contributed by atoms with E-state index in [1.54, 1.807) is 12.1 Å². The lowest BCUT2D eigenvalue weighted by atomic mass is 10.2. The maximum atomic E-state index is 13.4. The Hall–Kier alpha value is -1.58. The highest BCUT2D eigenvalue weighted by Crippen LogP contribution is 2.25. The van der Waals surface area contributed by atoms with E-state index in [1.807, 2.05) is 13.8 Å². The predicted octanol–water partition coefficient (Wildman–Crippen LogP) is 2.79. The molecule has 0 aliphatic heterocycles. The number of hydrogen-bond donors (Lipinski definition) is 1. The number of rotatable bonds is 2. The Bertz CT molecular complexity index is 450. The van der Waals surface area contributed by atoms with Gasteiger partial charge >= 0.3 is 0 Å². The van der Waals surface area contributed by atoms with Gasteiger partial charge in [-0.25, -0.2) is 4.39 Å². The Morgan fingerprint density at radius 2 is 2.21 bits per heavy atom. The van der Waals surface area contributed by atoms with E-state index in [0.717, 1.165) is 0 Å². The largest absolute Gasteiger partial charge is 0.364 e. The fourth-order valence-corrected chi connectivity index (χ4v) is 1.32. The van der Waals surface area contributed by atoms with Gasteiger partial charge in [-0.05, 0) is 26.0 Å². The lowest BCUT2D eigenvalue weighted by Crippen LogP contribution is -2.10. The topological polar surface area (TPSA) is 38.1 Å². The number of anilines is 1. The molecule has 1 aromatic heterocycles. The molecule has 74 valence electrons. The van der Waals surface area contributed by atoms with Gasteiger partial charge in [-0.1, -0.05) is 11.2 Å². The molecule has 0 aliphatic carbocycles. The average molecular weight is 194 g/mol. The van der Waals surface area contributed by atoms with Crippen molar-refractivity contribution in [2.24, 2.45) is 0 Å². The third-order valence-electron chi connectivity index (χ3n) is 1.87. The molecule has 0 unspecified atom stereocenters. The summed E-state index contributed by atoms with van der Waals surface area (Å²) in [4.78, 5) is 0. The summed E-state index contributed by atoms with van der Waals surface area (Å²) < 4.78 is 18.4. The van der Waals surface area contributed by atoms with E-state index in [1.165, 1.54) is 6.07 Å². The SMILES string of the molecule is CC(C)Nc1noc2cccc(F)c12. The van der Waals surface area contributed by atoms with Gasteiger partial charge in [-0.3, -0.25) is 0 Å². The van der Waals surface area contributed by atoms with Gasteiger partial charge in [-0.2, -0.15) is 0 Å². The number of hydrogen-bond acceptors (Lipinski definition) is 3. The van der Waals surface area contributed by atoms with Crippen LogP contribution in [0, 0.1) is 5.82 Å². The molecule has 0 spiro atoms. The second-order valence-corrected chi connectivity index (χ2v) is 3.44. The minimum absolute atomic E-state index is 0.197. The Balaban J connectivity index is 2.55. The number of halogens is 1. The first kappa shape index (κ1) is 8.99. The highest BCUT2D eigenvalue weighted by Gasteiger charge is 2.12. The number of fused-ring (bicyclic) bond motifs is 1. The monoisotopic (exact) mass is 194 g/mol. The van der Waals surface area contributed by atoms with Crippen LogP contribution in [0.2, 0.25) is 0 Å². The van der Waals surface area contributed by atoms with E-state index >= 15 is 0 Å². The Morgan fingerprint density at radius 3 is 2.93 bits per heavy atom. The first-order chi connectivity index (χ1) is 6.68. The molecular formula is C10H11FN2O.